The van der Waals surface area contributed by atoms with Gasteiger partial charge in [-0.05, 0) is 36.6 Å². The number of fused-ring (bicyclic) bond motifs is 1. The predicted molar refractivity (Wildman–Crippen MR) is 96.6 cm³/mol. The molecular weight excluding hydrogens is 336 g/mol. The minimum Gasteiger partial charge on any atom is -0.377 e. The van der Waals surface area contributed by atoms with Crippen LogP contribution in [0.1, 0.15) is 47.2 Å². The third kappa shape index (κ3) is 3.47. The van der Waals surface area contributed by atoms with Gasteiger partial charge in [-0.1, -0.05) is 24.3 Å². The SMILES string of the molecule is COC1C=Cc2cc(C(=O)C3CCCN(C4CC(F)(F)C4)C3)ccc2C1. The Balaban J connectivity index is 1.44. The van der Waals surface area contributed by atoms with Gasteiger partial charge in [0.25, 0.3) is 5.92 Å². The lowest BCUT2D eigenvalue weighted by Gasteiger charge is -2.45. The molecule has 1 aliphatic heterocycles. The van der Waals surface area contributed by atoms with Crippen LogP contribution in [0.25, 0.3) is 6.08 Å². The number of carbonyl (C=O) groups excluding carboxylic acids is 1. The molecule has 0 aromatic heterocycles. The van der Waals surface area contributed by atoms with Crippen molar-refractivity contribution in [3.63, 3.8) is 0 Å². The number of likely N-dealkylation sites (tertiary alicyclic amines) is 1. The monoisotopic (exact) mass is 361 g/mol. The number of rotatable bonds is 4. The number of carbonyl (C=O) groups is 1. The molecule has 0 bridgehead atoms. The van der Waals surface area contributed by atoms with Gasteiger partial charge in [0.2, 0.25) is 0 Å². The van der Waals surface area contributed by atoms with Crippen LogP contribution in [0, 0.1) is 5.92 Å². The largest absolute Gasteiger partial charge is 0.377 e. The van der Waals surface area contributed by atoms with E-state index in [4.69, 9.17) is 4.74 Å². The maximum atomic E-state index is 13.2. The molecule has 0 radical (unpaired) electrons. The number of ether oxygens (including phenoxy) is 1. The number of methoxy groups -OCH3 is 1. The standard InChI is InChI=1S/C21H25F2NO2/c1-26-19-7-6-14-9-16(5-4-15(14)10-19)20(25)17-3-2-8-24(13-17)18-11-21(22,23)12-18/h4-7,9,17-19H,2-3,8,10-13H2,1H3. The van der Waals surface area contributed by atoms with Gasteiger partial charge in [-0.25, -0.2) is 8.78 Å². The highest BCUT2D eigenvalue weighted by molar-refractivity contribution is 5.98. The molecule has 2 unspecified atom stereocenters. The van der Waals surface area contributed by atoms with Gasteiger partial charge in [0.1, 0.15) is 0 Å². The lowest BCUT2D eigenvalue weighted by Crippen LogP contribution is -2.54. The second-order valence-corrected chi connectivity index (χ2v) is 7.87. The summed E-state index contributed by atoms with van der Waals surface area (Å²) in [4.78, 5) is 15.1. The van der Waals surface area contributed by atoms with Crippen LogP contribution in [0.3, 0.4) is 0 Å². The van der Waals surface area contributed by atoms with E-state index in [1.807, 2.05) is 30.4 Å². The quantitative estimate of drug-likeness (QED) is 0.760. The Bertz CT molecular complexity index is 723. The molecule has 2 fully saturated rings. The predicted octanol–water partition coefficient (Wildman–Crippen LogP) is 3.96. The number of alkyl halides is 2. The highest BCUT2D eigenvalue weighted by Gasteiger charge is 2.48. The Kier molecular flexibility index (Phi) is 4.70. The molecular formula is C21H25F2NO2. The molecule has 2 atom stereocenters. The van der Waals surface area contributed by atoms with Crippen LogP contribution in [-0.2, 0) is 11.2 Å². The molecule has 2 aliphatic carbocycles. The first kappa shape index (κ1) is 17.8. The van der Waals surface area contributed by atoms with Crippen molar-refractivity contribution >= 4 is 11.9 Å². The molecule has 1 aromatic carbocycles. The fraction of sp³-hybridized carbons (Fsp3) is 0.571. The van der Waals surface area contributed by atoms with Gasteiger partial charge in [-0.3, -0.25) is 9.69 Å². The normalized spacial score (nSPS) is 28.4. The Labute approximate surface area is 153 Å². The molecule has 1 heterocycles. The zero-order valence-electron chi connectivity index (χ0n) is 15.1. The van der Waals surface area contributed by atoms with Crippen molar-refractivity contribution in [2.24, 2.45) is 5.92 Å². The molecule has 4 rings (SSSR count). The lowest BCUT2D eigenvalue weighted by atomic mass is 9.82. The Morgan fingerprint density at radius 2 is 2.12 bits per heavy atom. The second kappa shape index (κ2) is 6.86. The summed E-state index contributed by atoms with van der Waals surface area (Å²) in [7, 11) is 1.70. The first-order valence-corrected chi connectivity index (χ1v) is 9.45. The highest BCUT2D eigenvalue weighted by Crippen LogP contribution is 2.41. The van der Waals surface area contributed by atoms with Crippen molar-refractivity contribution in [1.29, 1.82) is 0 Å². The topological polar surface area (TPSA) is 29.5 Å². The molecule has 3 nitrogen and oxygen atoms in total. The van der Waals surface area contributed by atoms with Crippen LogP contribution in [0.2, 0.25) is 0 Å². The first-order valence-electron chi connectivity index (χ1n) is 9.45. The number of nitrogens with zero attached hydrogens (tertiary/aromatic N) is 1. The van der Waals surface area contributed by atoms with E-state index in [0.717, 1.165) is 36.9 Å². The van der Waals surface area contributed by atoms with Gasteiger partial charge in [-0.15, -0.1) is 0 Å². The van der Waals surface area contributed by atoms with E-state index in [2.05, 4.69) is 4.90 Å². The van der Waals surface area contributed by atoms with Crippen LogP contribution >= 0.6 is 0 Å². The van der Waals surface area contributed by atoms with Crippen LogP contribution in [0.15, 0.2) is 24.3 Å². The van der Waals surface area contributed by atoms with Crippen molar-refractivity contribution in [2.45, 2.75) is 50.2 Å². The van der Waals surface area contributed by atoms with Gasteiger partial charge in [0, 0.05) is 50.4 Å². The molecule has 1 aromatic rings. The summed E-state index contributed by atoms with van der Waals surface area (Å²) >= 11 is 0. The summed E-state index contributed by atoms with van der Waals surface area (Å²) in [5.74, 6) is -2.45. The molecule has 0 spiro atoms. The van der Waals surface area contributed by atoms with E-state index >= 15 is 0 Å². The zero-order valence-corrected chi connectivity index (χ0v) is 15.1. The minimum atomic E-state index is -2.51. The van der Waals surface area contributed by atoms with Gasteiger partial charge in [-0.2, -0.15) is 0 Å². The van der Waals surface area contributed by atoms with Crippen LogP contribution < -0.4 is 0 Å². The summed E-state index contributed by atoms with van der Waals surface area (Å²) < 4.78 is 31.7. The number of hydrogen-bond donors (Lipinski definition) is 0. The van der Waals surface area contributed by atoms with Crippen LogP contribution in [-0.4, -0.2) is 49.0 Å². The number of hydrogen-bond acceptors (Lipinski definition) is 3. The smallest absolute Gasteiger partial charge is 0.251 e. The van der Waals surface area contributed by atoms with E-state index in [0.29, 0.717) is 6.54 Å². The fourth-order valence-electron chi connectivity index (χ4n) is 4.42. The van der Waals surface area contributed by atoms with Crippen molar-refractivity contribution in [2.75, 3.05) is 20.2 Å². The zero-order chi connectivity index (χ0) is 18.3. The summed E-state index contributed by atoms with van der Waals surface area (Å²) in [6.45, 7) is 1.44. The van der Waals surface area contributed by atoms with Crippen molar-refractivity contribution in [1.82, 2.24) is 4.90 Å². The molecule has 5 heteroatoms. The molecule has 0 amide bonds. The summed E-state index contributed by atoms with van der Waals surface area (Å²) in [5.41, 5.74) is 3.00. The maximum absolute atomic E-state index is 13.2. The van der Waals surface area contributed by atoms with Gasteiger partial charge in [0.15, 0.2) is 5.78 Å². The Morgan fingerprint density at radius 3 is 2.85 bits per heavy atom. The number of benzene rings is 1. The maximum Gasteiger partial charge on any atom is 0.251 e. The summed E-state index contributed by atoms with van der Waals surface area (Å²) in [5, 5.41) is 0. The van der Waals surface area contributed by atoms with Crippen molar-refractivity contribution < 1.29 is 18.3 Å². The van der Waals surface area contributed by atoms with Gasteiger partial charge >= 0.3 is 0 Å². The van der Waals surface area contributed by atoms with Crippen molar-refractivity contribution in [3.05, 3.63) is 41.0 Å². The van der Waals surface area contributed by atoms with E-state index in [-0.39, 0.29) is 36.7 Å². The molecule has 3 aliphatic rings. The van der Waals surface area contributed by atoms with E-state index < -0.39 is 5.92 Å². The van der Waals surface area contributed by atoms with Crippen LogP contribution in [0.4, 0.5) is 8.78 Å². The number of ketones is 1. The van der Waals surface area contributed by atoms with E-state index in [9.17, 15) is 13.6 Å². The third-order valence-electron chi connectivity index (χ3n) is 6.05. The molecule has 140 valence electrons. The van der Waals surface area contributed by atoms with Gasteiger partial charge in [0.05, 0.1) is 6.10 Å². The van der Waals surface area contributed by atoms with Crippen LogP contribution in [0.5, 0.6) is 0 Å². The molecule has 26 heavy (non-hydrogen) atoms. The lowest BCUT2D eigenvalue weighted by molar-refractivity contribution is -0.128. The van der Waals surface area contributed by atoms with E-state index in [1.54, 1.807) is 7.11 Å². The molecule has 1 saturated heterocycles. The fourth-order valence-corrected chi connectivity index (χ4v) is 4.42. The average Bonchev–Trinajstić information content (AvgIpc) is 2.64. The average molecular weight is 361 g/mol. The van der Waals surface area contributed by atoms with Crippen molar-refractivity contribution in [3.8, 4) is 0 Å². The summed E-state index contributed by atoms with van der Waals surface area (Å²) in [6.07, 6.45) is 6.59. The number of Topliss-reactive ketones (excluding diaryl/α,β-unsaturated/α-hetero) is 1. The first-order chi connectivity index (χ1) is 12.4. The Morgan fingerprint density at radius 1 is 1.31 bits per heavy atom. The third-order valence-corrected chi connectivity index (χ3v) is 6.05. The number of halogens is 2. The minimum absolute atomic E-state index is 0.0573. The Hall–Kier alpha value is -1.59. The molecule has 1 saturated carbocycles. The number of piperidine rings is 1. The highest BCUT2D eigenvalue weighted by atomic mass is 19.3. The van der Waals surface area contributed by atoms with Gasteiger partial charge < -0.3 is 4.74 Å². The van der Waals surface area contributed by atoms with E-state index in [1.165, 1.54) is 5.56 Å². The summed E-state index contributed by atoms with van der Waals surface area (Å²) in [6, 6.07) is 5.84. The second-order valence-electron chi connectivity index (χ2n) is 7.87. The molecule has 0 N–H and O–H groups in total.